The first-order valence-electron chi connectivity index (χ1n) is 7.30. The van der Waals surface area contributed by atoms with Gasteiger partial charge in [-0.15, -0.1) is 0 Å². The van der Waals surface area contributed by atoms with Gasteiger partial charge in [-0.25, -0.2) is 0 Å². The monoisotopic (exact) mass is 315 g/mol. The highest BCUT2D eigenvalue weighted by Gasteiger charge is 2.12. The van der Waals surface area contributed by atoms with Crippen molar-refractivity contribution in [2.24, 2.45) is 5.92 Å². The van der Waals surface area contributed by atoms with Gasteiger partial charge in [0.2, 0.25) is 0 Å². The first kappa shape index (κ1) is 18.1. The van der Waals surface area contributed by atoms with Gasteiger partial charge in [-0.3, -0.25) is 0 Å². The molecule has 1 aromatic carbocycles. The van der Waals surface area contributed by atoms with Gasteiger partial charge in [0, 0.05) is 29.8 Å². The lowest BCUT2D eigenvalue weighted by atomic mass is 10.1. The van der Waals surface area contributed by atoms with Crippen LogP contribution in [0.15, 0.2) is 12.1 Å². The number of rotatable bonds is 10. The number of hydrogen-bond acceptors (Lipinski definition) is 4. The van der Waals surface area contributed by atoms with Crippen LogP contribution in [0.5, 0.6) is 11.5 Å². The zero-order valence-electron chi connectivity index (χ0n) is 13.4. The molecule has 1 rings (SSSR count). The highest BCUT2D eigenvalue weighted by molar-refractivity contribution is 6.30. The van der Waals surface area contributed by atoms with E-state index in [2.05, 4.69) is 19.2 Å². The van der Waals surface area contributed by atoms with E-state index in [1.165, 1.54) is 0 Å². The van der Waals surface area contributed by atoms with Crippen molar-refractivity contribution in [3.05, 3.63) is 22.7 Å². The predicted molar refractivity (Wildman–Crippen MR) is 86.5 cm³/mol. The third-order valence-corrected chi connectivity index (χ3v) is 3.22. The Balaban J connectivity index is 2.56. The quantitative estimate of drug-likeness (QED) is 0.671. The summed E-state index contributed by atoms with van der Waals surface area (Å²) < 4.78 is 16.7. The Kier molecular flexibility index (Phi) is 8.50. The second kappa shape index (κ2) is 9.87. The van der Waals surface area contributed by atoms with Gasteiger partial charge >= 0.3 is 0 Å². The molecular weight excluding hydrogens is 290 g/mol. The molecule has 0 amide bonds. The van der Waals surface area contributed by atoms with Crippen molar-refractivity contribution >= 4 is 11.6 Å². The molecule has 0 saturated carbocycles. The Morgan fingerprint density at radius 1 is 1.19 bits per heavy atom. The van der Waals surface area contributed by atoms with E-state index in [1.807, 2.05) is 13.1 Å². The third-order valence-electron chi connectivity index (χ3n) is 3.00. The van der Waals surface area contributed by atoms with E-state index < -0.39 is 0 Å². The summed E-state index contributed by atoms with van der Waals surface area (Å²) in [7, 11) is 3.49. The van der Waals surface area contributed by atoms with Crippen LogP contribution in [0.25, 0.3) is 0 Å². The van der Waals surface area contributed by atoms with Crippen molar-refractivity contribution in [2.75, 3.05) is 34.0 Å². The van der Waals surface area contributed by atoms with E-state index in [4.69, 9.17) is 25.8 Å². The standard InChI is InChI=1S/C16H26ClNO3/c1-12(2)5-6-20-7-8-21-16-13(11-18-3)9-14(17)10-15(16)19-4/h9-10,12,18H,5-8,11H2,1-4H3. The predicted octanol–water partition coefficient (Wildman–Crippen LogP) is 3.51. The average Bonchev–Trinajstić information content (AvgIpc) is 2.43. The van der Waals surface area contributed by atoms with E-state index in [1.54, 1.807) is 13.2 Å². The molecule has 0 aliphatic rings. The van der Waals surface area contributed by atoms with Gasteiger partial charge < -0.3 is 19.5 Å². The van der Waals surface area contributed by atoms with Gasteiger partial charge in [-0.05, 0) is 25.5 Å². The lowest BCUT2D eigenvalue weighted by molar-refractivity contribution is 0.0913. The lowest BCUT2D eigenvalue weighted by Gasteiger charge is -2.16. The second-order valence-electron chi connectivity index (χ2n) is 5.27. The number of benzene rings is 1. The lowest BCUT2D eigenvalue weighted by Crippen LogP contribution is -2.12. The first-order chi connectivity index (χ1) is 10.1. The summed E-state index contributed by atoms with van der Waals surface area (Å²) in [4.78, 5) is 0. The Morgan fingerprint density at radius 3 is 2.57 bits per heavy atom. The van der Waals surface area contributed by atoms with Gasteiger partial charge in [0.05, 0.1) is 13.7 Å². The zero-order chi connectivity index (χ0) is 15.7. The summed E-state index contributed by atoms with van der Waals surface area (Å²) in [6.45, 7) is 6.86. The van der Waals surface area contributed by atoms with Crippen molar-refractivity contribution in [2.45, 2.75) is 26.8 Å². The maximum Gasteiger partial charge on any atom is 0.165 e. The summed E-state index contributed by atoms with van der Waals surface area (Å²) in [5.74, 6) is 2.03. The third kappa shape index (κ3) is 6.55. The molecule has 0 bridgehead atoms. The fourth-order valence-corrected chi connectivity index (χ4v) is 2.11. The zero-order valence-corrected chi connectivity index (χ0v) is 14.1. The van der Waals surface area contributed by atoms with E-state index in [0.717, 1.165) is 24.3 Å². The Hall–Kier alpha value is -0.970. The Labute approximate surface area is 132 Å². The van der Waals surface area contributed by atoms with Gasteiger partial charge in [0.25, 0.3) is 0 Å². The van der Waals surface area contributed by atoms with Crippen LogP contribution in [0.1, 0.15) is 25.8 Å². The first-order valence-corrected chi connectivity index (χ1v) is 7.67. The maximum absolute atomic E-state index is 6.08. The topological polar surface area (TPSA) is 39.7 Å². The molecule has 5 heteroatoms. The van der Waals surface area contributed by atoms with Crippen LogP contribution in [0.4, 0.5) is 0 Å². The van der Waals surface area contributed by atoms with Crippen LogP contribution in [0, 0.1) is 5.92 Å². The van der Waals surface area contributed by atoms with Gasteiger partial charge in [-0.2, -0.15) is 0 Å². The smallest absolute Gasteiger partial charge is 0.165 e. The summed E-state index contributed by atoms with van der Waals surface area (Å²) in [5.41, 5.74) is 0.976. The molecule has 0 aliphatic carbocycles. The minimum Gasteiger partial charge on any atom is -0.493 e. The molecule has 1 N–H and O–H groups in total. The summed E-state index contributed by atoms with van der Waals surface area (Å²) >= 11 is 6.08. The second-order valence-corrected chi connectivity index (χ2v) is 5.71. The molecule has 0 spiro atoms. The molecule has 0 fully saturated rings. The fourth-order valence-electron chi connectivity index (χ4n) is 1.88. The molecule has 0 aromatic heterocycles. The average molecular weight is 316 g/mol. The Morgan fingerprint density at radius 2 is 1.95 bits per heavy atom. The summed E-state index contributed by atoms with van der Waals surface area (Å²) in [6, 6.07) is 3.64. The highest BCUT2D eigenvalue weighted by atomic mass is 35.5. The van der Waals surface area contributed by atoms with Crippen molar-refractivity contribution in [3.63, 3.8) is 0 Å². The molecule has 1 aromatic rings. The van der Waals surface area contributed by atoms with E-state index in [-0.39, 0.29) is 0 Å². The van der Waals surface area contributed by atoms with Crippen LogP contribution in [0.3, 0.4) is 0 Å². The molecule has 0 unspecified atom stereocenters. The number of hydrogen-bond donors (Lipinski definition) is 1. The molecular formula is C16H26ClNO3. The number of halogens is 1. The minimum atomic E-state index is 0.493. The van der Waals surface area contributed by atoms with Gasteiger partial charge in [0.15, 0.2) is 11.5 Å². The number of ether oxygens (including phenoxy) is 3. The summed E-state index contributed by atoms with van der Waals surface area (Å²) in [5, 5.41) is 3.74. The van der Waals surface area contributed by atoms with E-state index >= 15 is 0 Å². The van der Waals surface area contributed by atoms with Gasteiger partial charge in [-0.1, -0.05) is 25.4 Å². The van der Waals surface area contributed by atoms with Gasteiger partial charge in [0.1, 0.15) is 6.61 Å². The van der Waals surface area contributed by atoms with Crippen molar-refractivity contribution in [1.29, 1.82) is 0 Å². The minimum absolute atomic E-state index is 0.493. The number of methoxy groups -OCH3 is 1. The van der Waals surface area contributed by atoms with Crippen LogP contribution in [-0.4, -0.2) is 34.0 Å². The van der Waals surface area contributed by atoms with Crippen molar-refractivity contribution in [3.8, 4) is 11.5 Å². The highest BCUT2D eigenvalue weighted by Crippen LogP contribution is 2.34. The summed E-state index contributed by atoms with van der Waals surface area (Å²) in [6.07, 6.45) is 1.06. The van der Waals surface area contributed by atoms with Crippen LogP contribution >= 0.6 is 11.6 Å². The van der Waals surface area contributed by atoms with Crippen LogP contribution in [-0.2, 0) is 11.3 Å². The van der Waals surface area contributed by atoms with Crippen molar-refractivity contribution < 1.29 is 14.2 Å². The largest absolute Gasteiger partial charge is 0.493 e. The normalized spacial score (nSPS) is 11.0. The number of nitrogens with one attached hydrogen (secondary N) is 1. The molecule has 0 aliphatic heterocycles. The Bertz CT molecular complexity index is 424. The fraction of sp³-hybridized carbons (Fsp3) is 0.625. The molecule has 0 heterocycles. The molecule has 4 nitrogen and oxygen atoms in total. The SMILES string of the molecule is CNCc1cc(Cl)cc(OC)c1OCCOCCC(C)C. The van der Waals surface area contributed by atoms with E-state index in [0.29, 0.717) is 36.4 Å². The molecule has 0 radical (unpaired) electrons. The molecule has 120 valence electrons. The molecule has 0 atom stereocenters. The molecule has 21 heavy (non-hydrogen) atoms. The maximum atomic E-state index is 6.08. The van der Waals surface area contributed by atoms with Crippen LogP contribution < -0.4 is 14.8 Å². The van der Waals surface area contributed by atoms with Crippen molar-refractivity contribution in [1.82, 2.24) is 5.32 Å². The molecule has 0 saturated heterocycles. The van der Waals surface area contributed by atoms with E-state index in [9.17, 15) is 0 Å². The van der Waals surface area contributed by atoms with Crippen LogP contribution in [0.2, 0.25) is 5.02 Å².